The third kappa shape index (κ3) is 21.5. The monoisotopic (exact) mass is 506 g/mol. The Hall–Kier alpha value is 0.300. The van der Waals surface area contributed by atoms with Crippen LogP contribution >= 0.6 is 27.7 Å². The summed E-state index contributed by atoms with van der Waals surface area (Å²) in [5, 5.41) is 1.13. The van der Waals surface area contributed by atoms with Crippen molar-refractivity contribution in [2.24, 2.45) is 0 Å². The number of hydrogen-bond acceptors (Lipinski definition) is 3. The zero-order chi connectivity index (χ0) is 22.1. The fourth-order valence-electron chi connectivity index (χ4n) is 3.66. The quantitative estimate of drug-likeness (QED) is 0.0739. The zero-order valence-corrected chi connectivity index (χ0v) is 22.6. The summed E-state index contributed by atoms with van der Waals surface area (Å²) < 4.78 is 5.64. The zero-order valence-electron chi connectivity index (χ0n) is 20.2. The lowest BCUT2D eigenvalue weighted by molar-refractivity contribution is -0.143. The maximum atomic E-state index is 12.6. The molecule has 0 aromatic rings. The Kier molecular flexibility index (Phi) is 25.8. The molecule has 0 saturated carbocycles. The molecule has 0 aromatic heterocycles. The van der Waals surface area contributed by atoms with E-state index in [4.69, 9.17) is 4.74 Å². The van der Waals surface area contributed by atoms with E-state index in [0.29, 0.717) is 6.61 Å². The lowest BCUT2D eigenvalue weighted by Gasteiger charge is -2.16. The molecule has 4 heteroatoms. The number of esters is 1. The van der Waals surface area contributed by atoms with Crippen LogP contribution in [0.3, 0.4) is 0 Å². The number of hydrogen-bond donors (Lipinski definition) is 0. The first kappa shape index (κ1) is 30.3. The molecule has 0 rings (SSSR count). The number of thioether (sulfide) groups is 1. The molecule has 0 N–H and O–H groups in total. The molecule has 0 fully saturated rings. The SMILES string of the molecule is CCCCCCCCCCSC(CCCCCCCC)C(=O)OCCCCCCBr. The van der Waals surface area contributed by atoms with E-state index >= 15 is 0 Å². The second-order valence-corrected chi connectivity index (χ2v) is 10.8. The van der Waals surface area contributed by atoms with Crippen molar-refractivity contribution in [2.75, 3.05) is 17.7 Å². The maximum Gasteiger partial charge on any atom is 0.319 e. The maximum absolute atomic E-state index is 12.6. The van der Waals surface area contributed by atoms with Crippen LogP contribution in [-0.4, -0.2) is 28.9 Å². The Labute approximate surface area is 201 Å². The fraction of sp³-hybridized carbons (Fsp3) is 0.962. The molecule has 0 aliphatic heterocycles. The van der Waals surface area contributed by atoms with Crippen LogP contribution in [0, 0.1) is 0 Å². The van der Waals surface area contributed by atoms with Crippen molar-refractivity contribution in [3.8, 4) is 0 Å². The van der Waals surface area contributed by atoms with Gasteiger partial charge in [-0.1, -0.05) is 126 Å². The molecule has 0 saturated heterocycles. The summed E-state index contributed by atoms with van der Waals surface area (Å²) in [7, 11) is 0. The van der Waals surface area contributed by atoms with Crippen molar-refractivity contribution < 1.29 is 9.53 Å². The van der Waals surface area contributed by atoms with Crippen LogP contribution in [0.25, 0.3) is 0 Å². The molecule has 30 heavy (non-hydrogen) atoms. The minimum absolute atomic E-state index is 0.0496. The van der Waals surface area contributed by atoms with E-state index in [2.05, 4.69) is 29.8 Å². The molecule has 0 amide bonds. The Morgan fingerprint density at radius 1 is 0.700 bits per heavy atom. The van der Waals surface area contributed by atoms with Crippen LogP contribution in [0.15, 0.2) is 0 Å². The van der Waals surface area contributed by atoms with Crippen LogP contribution in [0.1, 0.15) is 136 Å². The van der Waals surface area contributed by atoms with Gasteiger partial charge < -0.3 is 4.74 Å². The highest BCUT2D eigenvalue weighted by Gasteiger charge is 2.19. The Balaban J connectivity index is 4.00. The molecule has 0 radical (unpaired) electrons. The second kappa shape index (κ2) is 25.6. The third-order valence-corrected chi connectivity index (χ3v) is 7.59. The molecule has 0 bridgehead atoms. The van der Waals surface area contributed by atoms with Gasteiger partial charge in [0.2, 0.25) is 0 Å². The molecule has 2 nitrogen and oxygen atoms in total. The highest BCUT2D eigenvalue weighted by atomic mass is 79.9. The minimum atomic E-state index is 0.0496. The summed E-state index contributed by atoms with van der Waals surface area (Å²) in [6.45, 7) is 5.13. The molecular weight excluding hydrogens is 456 g/mol. The van der Waals surface area contributed by atoms with Crippen molar-refractivity contribution in [3.63, 3.8) is 0 Å². The number of alkyl halides is 1. The predicted molar refractivity (Wildman–Crippen MR) is 140 cm³/mol. The summed E-state index contributed by atoms with van der Waals surface area (Å²) in [6.07, 6.45) is 24.1. The van der Waals surface area contributed by atoms with E-state index in [1.165, 1.54) is 103 Å². The smallest absolute Gasteiger partial charge is 0.319 e. The Morgan fingerprint density at radius 2 is 1.20 bits per heavy atom. The molecule has 1 atom stereocenters. The molecule has 0 aliphatic carbocycles. The first-order valence-electron chi connectivity index (χ1n) is 13.1. The Bertz CT molecular complexity index is 352. The molecule has 180 valence electrons. The van der Waals surface area contributed by atoms with E-state index in [9.17, 15) is 4.79 Å². The van der Waals surface area contributed by atoms with E-state index < -0.39 is 0 Å². The summed E-state index contributed by atoms with van der Waals surface area (Å²) >= 11 is 5.33. The van der Waals surface area contributed by atoms with Gasteiger partial charge in [0.25, 0.3) is 0 Å². The average molecular weight is 508 g/mol. The number of ether oxygens (including phenoxy) is 1. The number of carbonyl (C=O) groups excluding carboxylic acids is 1. The number of unbranched alkanes of at least 4 members (excludes halogenated alkanes) is 15. The summed E-state index contributed by atoms with van der Waals surface area (Å²) in [5.41, 5.74) is 0. The van der Waals surface area contributed by atoms with E-state index in [1.807, 2.05) is 11.8 Å². The second-order valence-electron chi connectivity index (χ2n) is 8.66. The molecule has 0 aliphatic rings. The number of halogens is 1. The summed E-state index contributed by atoms with van der Waals surface area (Å²) in [6, 6.07) is 0. The van der Waals surface area contributed by atoms with Gasteiger partial charge in [-0.05, 0) is 31.4 Å². The van der Waals surface area contributed by atoms with Gasteiger partial charge in [-0.15, -0.1) is 11.8 Å². The van der Waals surface area contributed by atoms with Crippen LogP contribution in [0.2, 0.25) is 0 Å². The van der Waals surface area contributed by atoms with E-state index in [1.54, 1.807) is 0 Å². The molecule has 0 heterocycles. The minimum Gasteiger partial charge on any atom is -0.465 e. The van der Waals surface area contributed by atoms with Gasteiger partial charge in [0.15, 0.2) is 0 Å². The third-order valence-electron chi connectivity index (χ3n) is 5.67. The number of carbonyl (C=O) groups is 1. The number of rotatable bonds is 24. The summed E-state index contributed by atoms with van der Waals surface area (Å²) in [5.74, 6) is 1.16. The van der Waals surface area contributed by atoms with Gasteiger partial charge in [0.05, 0.1) is 6.61 Å². The first-order chi connectivity index (χ1) is 14.8. The molecule has 0 aromatic carbocycles. The van der Waals surface area contributed by atoms with Crippen molar-refractivity contribution in [2.45, 2.75) is 141 Å². The lowest BCUT2D eigenvalue weighted by Crippen LogP contribution is -2.21. The van der Waals surface area contributed by atoms with Gasteiger partial charge in [-0.2, -0.15) is 0 Å². The van der Waals surface area contributed by atoms with E-state index in [-0.39, 0.29) is 11.2 Å². The van der Waals surface area contributed by atoms with Crippen LogP contribution in [-0.2, 0) is 9.53 Å². The van der Waals surface area contributed by atoms with Gasteiger partial charge in [0, 0.05) is 5.33 Å². The standard InChI is InChI=1S/C26H51BrO2S/c1-3-5-7-9-11-12-16-20-24-30-25(21-17-13-10-8-6-4-2)26(28)29-23-19-15-14-18-22-27/h25H,3-24H2,1-2H3. The van der Waals surface area contributed by atoms with Gasteiger partial charge >= 0.3 is 5.97 Å². The van der Waals surface area contributed by atoms with Crippen molar-refractivity contribution >= 4 is 33.7 Å². The van der Waals surface area contributed by atoms with Crippen molar-refractivity contribution in [1.29, 1.82) is 0 Å². The highest BCUT2D eigenvalue weighted by Crippen LogP contribution is 2.22. The molecule has 0 spiro atoms. The highest BCUT2D eigenvalue weighted by molar-refractivity contribution is 9.09. The first-order valence-corrected chi connectivity index (χ1v) is 15.3. The topological polar surface area (TPSA) is 26.3 Å². The van der Waals surface area contributed by atoms with E-state index in [0.717, 1.165) is 30.3 Å². The van der Waals surface area contributed by atoms with Gasteiger partial charge in [-0.3, -0.25) is 4.79 Å². The predicted octanol–water partition coefficient (Wildman–Crippen LogP) is 9.48. The van der Waals surface area contributed by atoms with Crippen molar-refractivity contribution in [1.82, 2.24) is 0 Å². The van der Waals surface area contributed by atoms with Crippen LogP contribution in [0.5, 0.6) is 0 Å². The fourth-order valence-corrected chi connectivity index (χ4v) is 5.25. The van der Waals surface area contributed by atoms with Gasteiger partial charge in [-0.25, -0.2) is 0 Å². The average Bonchev–Trinajstić information content (AvgIpc) is 2.75. The van der Waals surface area contributed by atoms with Gasteiger partial charge in [0.1, 0.15) is 5.25 Å². The van der Waals surface area contributed by atoms with Crippen LogP contribution < -0.4 is 0 Å². The lowest BCUT2D eigenvalue weighted by atomic mass is 10.1. The van der Waals surface area contributed by atoms with Crippen LogP contribution in [0.4, 0.5) is 0 Å². The molecular formula is C26H51BrO2S. The van der Waals surface area contributed by atoms with Crippen molar-refractivity contribution in [3.05, 3.63) is 0 Å². The Morgan fingerprint density at radius 3 is 1.80 bits per heavy atom. The largest absolute Gasteiger partial charge is 0.465 e. The molecule has 1 unspecified atom stereocenters. The normalized spacial score (nSPS) is 12.2. The summed E-state index contributed by atoms with van der Waals surface area (Å²) in [4.78, 5) is 12.6.